The molecule has 0 bridgehead atoms. The Balaban J connectivity index is 2.87. The second-order valence-electron chi connectivity index (χ2n) is 4.13. The highest BCUT2D eigenvalue weighted by Crippen LogP contribution is 2.13. The van der Waals surface area contributed by atoms with Gasteiger partial charge >= 0.3 is 5.97 Å². The maximum absolute atomic E-state index is 12.0. The van der Waals surface area contributed by atoms with E-state index in [2.05, 4.69) is 4.74 Å². The molecule has 1 aromatic carbocycles. The van der Waals surface area contributed by atoms with E-state index in [4.69, 9.17) is 5.26 Å². The molecule has 0 saturated carbocycles. The number of esters is 1. The Kier molecular flexibility index (Phi) is 5.46. The molecule has 0 heterocycles. The van der Waals surface area contributed by atoms with E-state index in [1.165, 1.54) is 24.3 Å². The normalized spacial score (nSPS) is 11.6. The Bertz CT molecular complexity index is 774. The lowest BCUT2D eigenvalue weighted by Gasteiger charge is -2.05. The van der Waals surface area contributed by atoms with Gasteiger partial charge in [-0.15, -0.1) is 0 Å². The number of nitriles is 1. The van der Waals surface area contributed by atoms with Crippen molar-refractivity contribution >= 4 is 25.6 Å². The van der Waals surface area contributed by atoms with Crippen LogP contribution in [0.4, 0.5) is 0 Å². The fraction of sp³-hybridized carbons (Fsp3) is 0.333. The number of nitrogens with zero attached hydrogens (tertiary/aromatic N) is 1. The van der Waals surface area contributed by atoms with Crippen molar-refractivity contribution in [3.63, 3.8) is 0 Å². The number of methoxy groups -OCH3 is 1. The van der Waals surface area contributed by atoms with Gasteiger partial charge in [0.25, 0.3) is 0 Å². The first-order valence-electron chi connectivity index (χ1n) is 5.70. The van der Waals surface area contributed by atoms with Crippen LogP contribution in [0, 0.1) is 11.3 Å². The predicted octanol–water partition coefficient (Wildman–Crippen LogP) is -0.0802. The van der Waals surface area contributed by atoms with E-state index in [-0.39, 0.29) is 10.5 Å². The Morgan fingerprint density at radius 3 is 2.48 bits per heavy atom. The lowest BCUT2D eigenvalue weighted by atomic mass is 10.2. The smallest absolute Gasteiger partial charge is 0.320 e. The third-order valence-electron chi connectivity index (χ3n) is 2.55. The van der Waals surface area contributed by atoms with E-state index in [0.717, 1.165) is 7.11 Å². The predicted molar refractivity (Wildman–Crippen MR) is 73.9 cm³/mol. The number of hydrogen-bond donors (Lipinski definition) is 0. The maximum Gasteiger partial charge on any atom is 0.320 e. The molecule has 7 nitrogen and oxygen atoms in total. The van der Waals surface area contributed by atoms with Crippen LogP contribution >= 0.6 is 0 Å². The van der Waals surface area contributed by atoms with Gasteiger partial charge in [-0.05, 0) is 18.2 Å². The molecular weight excluding hydrogens is 318 g/mol. The Morgan fingerprint density at radius 1 is 1.24 bits per heavy atom. The third-order valence-corrected chi connectivity index (χ3v) is 6.02. The zero-order chi connectivity index (χ0) is 16.1. The van der Waals surface area contributed by atoms with Gasteiger partial charge in [-0.3, -0.25) is 4.79 Å². The van der Waals surface area contributed by atoms with E-state index in [1.807, 2.05) is 0 Å². The Morgan fingerprint density at radius 2 is 1.90 bits per heavy atom. The highest BCUT2D eigenvalue weighted by Gasteiger charge is 2.22. The summed E-state index contributed by atoms with van der Waals surface area (Å²) in [7, 11) is -6.68. The van der Waals surface area contributed by atoms with Gasteiger partial charge < -0.3 is 4.74 Å². The number of hydrogen-bond acceptors (Lipinski definition) is 7. The van der Waals surface area contributed by atoms with Gasteiger partial charge in [-0.25, -0.2) is 16.8 Å². The Labute approximate surface area is 123 Å². The average molecular weight is 331 g/mol. The van der Waals surface area contributed by atoms with Crippen LogP contribution in [0.25, 0.3) is 0 Å². The molecule has 21 heavy (non-hydrogen) atoms. The lowest BCUT2D eigenvalue weighted by molar-refractivity contribution is -0.137. The van der Waals surface area contributed by atoms with E-state index >= 15 is 0 Å². The van der Waals surface area contributed by atoms with Gasteiger partial charge in [0, 0.05) is 0 Å². The second kappa shape index (κ2) is 6.69. The van der Waals surface area contributed by atoms with Gasteiger partial charge in [-0.1, -0.05) is 6.07 Å². The SMILES string of the molecule is COC(=O)CS(=O)(=O)CCS(=O)(=O)c1cccc(C#N)c1. The van der Waals surface area contributed by atoms with Crippen LogP contribution < -0.4 is 0 Å². The van der Waals surface area contributed by atoms with Crippen molar-refractivity contribution in [3.05, 3.63) is 29.8 Å². The van der Waals surface area contributed by atoms with Crippen molar-refractivity contribution in [2.24, 2.45) is 0 Å². The van der Waals surface area contributed by atoms with Crippen LogP contribution in [0.15, 0.2) is 29.2 Å². The summed E-state index contributed by atoms with van der Waals surface area (Å²) in [5, 5.41) is 8.72. The van der Waals surface area contributed by atoms with Gasteiger partial charge in [0.05, 0.1) is 35.1 Å². The van der Waals surface area contributed by atoms with Crippen molar-refractivity contribution in [2.45, 2.75) is 4.90 Å². The molecule has 0 aliphatic rings. The summed E-state index contributed by atoms with van der Waals surface area (Å²) in [5.41, 5.74) is 0.161. The molecule has 1 aromatic rings. The van der Waals surface area contributed by atoms with Crippen molar-refractivity contribution in [3.8, 4) is 6.07 Å². The summed E-state index contributed by atoms with van der Waals surface area (Å²) < 4.78 is 51.4. The number of rotatable bonds is 6. The fourth-order valence-electron chi connectivity index (χ4n) is 1.42. The Hall–Kier alpha value is -1.92. The first-order chi connectivity index (χ1) is 9.70. The number of sulfone groups is 2. The van der Waals surface area contributed by atoms with Crippen LogP contribution in [-0.4, -0.2) is 47.2 Å². The number of carbonyl (C=O) groups is 1. The van der Waals surface area contributed by atoms with E-state index in [0.29, 0.717) is 0 Å². The summed E-state index contributed by atoms with van der Waals surface area (Å²) in [6.45, 7) is 0. The molecule has 114 valence electrons. The van der Waals surface area contributed by atoms with E-state index in [9.17, 15) is 21.6 Å². The highest BCUT2D eigenvalue weighted by molar-refractivity contribution is 7.95. The van der Waals surface area contributed by atoms with Crippen molar-refractivity contribution in [1.29, 1.82) is 5.26 Å². The molecule has 0 amide bonds. The molecule has 0 saturated heterocycles. The van der Waals surface area contributed by atoms with E-state index < -0.39 is 42.9 Å². The molecule has 0 aromatic heterocycles. The minimum Gasteiger partial charge on any atom is -0.468 e. The molecule has 0 unspecified atom stereocenters. The van der Waals surface area contributed by atoms with Crippen LogP contribution in [0.2, 0.25) is 0 Å². The maximum atomic E-state index is 12.0. The number of ether oxygens (including phenoxy) is 1. The summed E-state index contributed by atoms with van der Waals surface area (Å²) in [6, 6.07) is 7.09. The zero-order valence-electron chi connectivity index (χ0n) is 11.1. The molecule has 0 spiro atoms. The van der Waals surface area contributed by atoms with Crippen molar-refractivity contribution in [1.82, 2.24) is 0 Å². The van der Waals surface area contributed by atoms with Gasteiger partial charge in [0.1, 0.15) is 5.75 Å². The molecule has 1 rings (SSSR count). The van der Waals surface area contributed by atoms with Crippen molar-refractivity contribution < 1.29 is 26.4 Å². The van der Waals surface area contributed by atoms with Crippen LogP contribution in [0.3, 0.4) is 0 Å². The molecule has 9 heteroatoms. The van der Waals surface area contributed by atoms with Gasteiger partial charge in [-0.2, -0.15) is 5.26 Å². The quantitative estimate of drug-likeness (QED) is 0.669. The number of carbonyl (C=O) groups excluding carboxylic acids is 1. The summed E-state index contributed by atoms with van der Waals surface area (Å²) in [6.07, 6.45) is 0. The fourth-order valence-corrected chi connectivity index (χ4v) is 4.77. The summed E-state index contributed by atoms with van der Waals surface area (Å²) >= 11 is 0. The van der Waals surface area contributed by atoms with Gasteiger partial charge in [0.15, 0.2) is 19.7 Å². The minimum atomic E-state index is -3.87. The highest BCUT2D eigenvalue weighted by atomic mass is 32.2. The van der Waals surface area contributed by atoms with E-state index in [1.54, 1.807) is 6.07 Å². The first kappa shape index (κ1) is 17.1. The first-order valence-corrected chi connectivity index (χ1v) is 9.18. The number of benzene rings is 1. The van der Waals surface area contributed by atoms with Crippen LogP contribution in [0.5, 0.6) is 0 Å². The van der Waals surface area contributed by atoms with Crippen molar-refractivity contribution in [2.75, 3.05) is 24.4 Å². The molecule has 0 fully saturated rings. The lowest BCUT2D eigenvalue weighted by Crippen LogP contribution is -2.24. The molecule has 0 atom stereocenters. The van der Waals surface area contributed by atoms with Crippen LogP contribution in [0.1, 0.15) is 5.56 Å². The standard InChI is InChI=1S/C12H13NO6S2/c1-19-12(14)9-20(15,16)5-6-21(17,18)11-4-2-3-10(7-11)8-13/h2-4,7H,5-6,9H2,1H3. The molecule has 0 aliphatic heterocycles. The molecular formula is C12H13NO6S2. The molecule has 0 aliphatic carbocycles. The molecule has 0 radical (unpaired) electrons. The average Bonchev–Trinajstić information content (AvgIpc) is 2.45. The summed E-state index contributed by atoms with van der Waals surface area (Å²) in [4.78, 5) is 10.8. The second-order valence-corrected chi connectivity index (χ2v) is 8.42. The largest absolute Gasteiger partial charge is 0.468 e. The summed E-state index contributed by atoms with van der Waals surface area (Å²) in [5.74, 6) is -3.17. The zero-order valence-corrected chi connectivity index (χ0v) is 12.8. The minimum absolute atomic E-state index is 0.130. The van der Waals surface area contributed by atoms with Crippen LogP contribution in [-0.2, 0) is 29.2 Å². The van der Waals surface area contributed by atoms with Gasteiger partial charge in [0.2, 0.25) is 0 Å². The third kappa shape index (κ3) is 5.17. The monoisotopic (exact) mass is 331 g/mol. The molecule has 0 N–H and O–H groups in total. The topological polar surface area (TPSA) is 118 Å².